The van der Waals surface area contributed by atoms with Crippen molar-refractivity contribution in [3.05, 3.63) is 34.9 Å². The minimum atomic E-state index is 0.467. The fourth-order valence-corrected chi connectivity index (χ4v) is 3.54. The van der Waals surface area contributed by atoms with E-state index in [2.05, 4.69) is 31.3 Å². The monoisotopic (exact) mass is 293 g/mol. The zero-order valence-electron chi connectivity index (χ0n) is 12.9. The Hall–Kier alpha value is -0.530. The summed E-state index contributed by atoms with van der Waals surface area (Å²) in [5, 5.41) is 4.70. The van der Waals surface area contributed by atoms with Gasteiger partial charge in [0.05, 0.1) is 0 Å². The second-order valence-electron chi connectivity index (χ2n) is 6.25. The van der Waals surface area contributed by atoms with Crippen LogP contribution in [0.3, 0.4) is 0 Å². The van der Waals surface area contributed by atoms with Gasteiger partial charge in [0.25, 0.3) is 0 Å². The molecule has 1 aromatic rings. The van der Waals surface area contributed by atoms with Gasteiger partial charge in [-0.15, -0.1) is 0 Å². The second-order valence-corrected chi connectivity index (χ2v) is 6.68. The third-order valence-corrected chi connectivity index (χ3v) is 4.92. The van der Waals surface area contributed by atoms with Crippen molar-refractivity contribution in [1.82, 2.24) is 5.32 Å². The topological polar surface area (TPSA) is 12.0 Å². The number of hydrogen-bond acceptors (Lipinski definition) is 1. The van der Waals surface area contributed by atoms with E-state index in [4.69, 9.17) is 11.6 Å². The molecule has 1 saturated carbocycles. The van der Waals surface area contributed by atoms with Gasteiger partial charge in [-0.2, -0.15) is 0 Å². The average molecular weight is 294 g/mol. The molecule has 0 amide bonds. The molecule has 1 aliphatic rings. The molecule has 0 spiro atoms. The van der Waals surface area contributed by atoms with E-state index in [9.17, 15) is 0 Å². The normalized spacial score (nSPS) is 19.8. The average Bonchev–Trinajstić information content (AvgIpc) is 2.48. The molecule has 0 aromatic heterocycles. The van der Waals surface area contributed by atoms with Crippen LogP contribution in [0.25, 0.3) is 0 Å². The molecule has 0 aliphatic heterocycles. The Balaban J connectivity index is 1.98. The van der Waals surface area contributed by atoms with Gasteiger partial charge < -0.3 is 5.32 Å². The standard InChI is InChI=1S/C18H28ClN/c1-3-7-18(16-10-12-17(19)13-11-16)20-14(2)15-8-5-4-6-9-15/h10-15,18,20H,3-9H2,1-2H3/t14-,18?/m1/s1. The summed E-state index contributed by atoms with van der Waals surface area (Å²) in [6.45, 7) is 4.63. The Bertz CT molecular complexity index is 381. The highest BCUT2D eigenvalue weighted by atomic mass is 35.5. The van der Waals surface area contributed by atoms with E-state index in [-0.39, 0.29) is 0 Å². The lowest BCUT2D eigenvalue weighted by Crippen LogP contribution is -2.37. The molecule has 0 bridgehead atoms. The van der Waals surface area contributed by atoms with Gasteiger partial charge in [0.2, 0.25) is 0 Å². The largest absolute Gasteiger partial charge is 0.307 e. The van der Waals surface area contributed by atoms with Crippen molar-refractivity contribution < 1.29 is 0 Å². The van der Waals surface area contributed by atoms with Gasteiger partial charge in [0.15, 0.2) is 0 Å². The first-order valence-electron chi connectivity index (χ1n) is 8.22. The van der Waals surface area contributed by atoms with Crippen LogP contribution in [0.5, 0.6) is 0 Å². The minimum absolute atomic E-state index is 0.467. The minimum Gasteiger partial charge on any atom is -0.307 e. The van der Waals surface area contributed by atoms with Gasteiger partial charge >= 0.3 is 0 Å². The van der Waals surface area contributed by atoms with Crippen molar-refractivity contribution in [2.24, 2.45) is 5.92 Å². The maximum Gasteiger partial charge on any atom is 0.0406 e. The van der Waals surface area contributed by atoms with E-state index >= 15 is 0 Å². The predicted molar refractivity (Wildman–Crippen MR) is 88.3 cm³/mol. The Morgan fingerprint density at radius 1 is 1.15 bits per heavy atom. The lowest BCUT2D eigenvalue weighted by Gasteiger charge is -2.32. The number of rotatable bonds is 6. The summed E-state index contributed by atoms with van der Waals surface area (Å²) in [6.07, 6.45) is 9.45. The summed E-state index contributed by atoms with van der Waals surface area (Å²) in [5.74, 6) is 0.857. The summed E-state index contributed by atoms with van der Waals surface area (Å²) in [5.41, 5.74) is 1.37. The summed E-state index contributed by atoms with van der Waals surface area (Å²) in [4.78, 5) is 0. The number of halogens is 1. The van der Waals surface area contributed by atoms with Crippen molar-refractivity contribution >= 4 is 11.6 Å². The predicted octanol–water partition coefficient (Wildman–Crippen LogP) is 5.74. The lowest BCUT2D eigenvalue weighted by atomic mass is 9.84. The van der Waals surface area contributed by atoms with Gasteiger partial charge in [-0.05, 0) is 49.8 Å². The molecule has 1 fully saturated rings. The van der Waals surface area contributed by atoms with E-state index < -0.39 is 0 Å². The van der Waals surface area contributed by atoms with E-state index in [1.54, 1.807) is 0 Å². The molecule has 1 N–H and O–H groups in total. The van der Waals surface area contributed by atoms with E-state index in [1.165, 1.54) is 50.5 Å². The summed E-state index contributed by atoms with van der Waals surface area (Å²) in [7, 11) is 0. The van der Waals surface area contributed by atoms with Crippen LogP contribution in [0.1, 0.15) is 70.4 Å². The van der Waals surface area contributed by atoms with Gasteiger partial charge in [0, 0.05) is 17.1 Å². The number of benzene rings is 1. The second kappa shape index (κ2) is 8.05. The van der Waals surface area contributed by atoms with Crippen molar-refractivity contribution in [2.45, 2.75) is 70.9 Å². The van der Waals surface area contributed by atoms with Crippen LogP contribution in [0.2, 0.25) is 5.02 Å². The first kappa shape index (κ1) is 15.9. The molecule has 2 atom stereocenters. The van der Waals surface area contributed by atoms with E-state index in [0.717, 1.165) is 10.9 Å². The van der Waals surface area contributed by atoms with Gasteiger partial charge in [0.1, 0.15) is 0 Å². The van der Waals surface area contributed by atoms with E-state index in [0.29, 0.717) is 12.1 Å². The smallest absolute Gasteiger partial charge is 0.0406 e. The van der Waals surface area contributed by atoms with Crippen LogP contribution in [-0.2, 0) is 0 Å². The Kier molecular flexibility index (Phi) is 6.38. The van der Waals surface area contributed by atoms with Crippen molar-refractivity contribution in [1.29, 1.82) is 0 Å². The van der Waals surface area contributed by atoms with Crippen LogP contribution in [0.4, 0.5) is 0 Å². The maximum atomic E-state index is 6.00. The van der Waals surface area contributed by atoms with Crippen LogP contribution in [0.15, 0.2) is 24.3 Å². The van der Waals surface area contributed by atoms with Crippen LogP contribution >= 0.6 is 11.6 Å². The van der Waals surface area contributed by atoms with Crippen LogP contribution < -0.4 is 5.32 Å². The first-order valence-corrected chi connectivity index (χ1v) is 8.60. The van der Waals surface area contributed by atoms with Crippen molar-refractivity contribution in [2.75, 3.05) is 0 Å². The molecule has 1 aliphatic carbocycles. The van der Waals surface area contributed by atoms with Crippen LogP contribution in [-0.4, -0.2) is 6.04 Å². The highest BCUT2D eigenvalue weighted by Crippen LogP contribution is 2.29. The van der Waals surface area contributed by atoms with Crippen molar-refractivity contribution in [3.8, 4) is 0 Å². The third kappa shape index (κ3) is 4.49. The molecule has 20 heavy (non-hydrogen) atoms. The number of hydrogen-bond donors (Lipinski definition) is 1. The molecular formula is C18H28ClN. The Labute approximate surface area is 129 Å². The van der Waals surface area contributed by atoms with Crippen LogP contribution in [0, 0.1) is 5.92 Å². The summed E-state index contributed by atoms with van der Waals surface area (Å²) < 4.78 is 0. The molecule has 0 heterocycles. The molecule has 1 aromatic carbocycles. The van der Waals surface area contributed by atoms with Gasteiger partial charge in [-0.3, -0.25) is 0 Å². The molecule has 2 rings (SSSR count). The third-order valence-electron chi connectivity index (χ3n) is 4.67. The molecule has 112 valence electrons. The number of nitrogens with one attached hydrogen (secondary N) is 1. The molecule has 0 saturated heterocycles. The zero-order chi connectivity index (χ0) is 14.4. The summed E-state index contributed by atoms with van der Waals surface area (Å²) in [6, 6.07) is 9.43. The molecule has 1 nitrogen and oxygen atoms in total. The Morgan fingerprint density at radius 3 is 2.40 bits per heavy atom. The molecule has 0 radical (unpaired) electrons. The molecule has 2 heteroatoms. The quantitative estimate of drug-likeness (QED) is 0.705. The fourth-order valence-electron chi connectivity index (χ4n) is 3.42. The Morgan fingerprint density at radius 2 is 1.80 bits per heavy atom. The highest BCUT2D eigenvalue weighted by molar-refractivity contribution is 6.30. The van der Waals surface area contributed by atoms with Gasteiger partial charge in [-0.1, -0.05) is 56.3 Å². The SMILES string of the molecule is CCCC(N[C@H](C)C1CCCCC1)c1ccc(Cl)cc1. The van der Waals surface area contributed by atoms with Crippen molar-refractivity contribution in [3.63, 3.8) is 0 Å². The summed E-state index contributed by atoms with van der Waals surface area (Å²) >= 11 is 6.00. The van der Waals surface area contributed by atoms with Gasteiger partial charge in [-0.25, -0.2) is 0 Å². The first-order chi connectivity index (χ1) is 9.70. The molecule has 1 unspecified atom stereocenters. The van der Waals surface area contributed by atoms with E-state index in [1.807, 2.05) is 12.1 Å². The zero-order valence-corrected chi connectivity index (χ0v) is 13.6. The fraction of sp³-hybridized carbons (Fsp3) is 0.667. The highest BCUT2D eigenvalue weighted by Gasteiger charge is 2.22. The maximum absolute atomic E-state index is 6.00. The molecular weight excluding hydrogens is 266 g/mol. The lowest BCUT2D eigenvalue weighted by molar-refractivity contribution is 0.260.